The van der Waals surface area contributed by atoms with E-state index in [1.54, 1.807) is 31.3 Å². The van der Waals surface area contributed by atoms with E-state index in [0.717, 1.165) is 5.70 Å². The fourth-order valence-corrected chi connectivity index (χ4v) is 4.00. The van der Waals surface area contributed by atoms with Crippen molar-refractivity contribution < 1.29 is 14.3 Å². The highest BCUT2D eigenvalue weighted by molar-refractivity contribution is 6.01. The molecule has 0 saturated carbocycles. The van der Waals surface area contributed by atoms with Gasteiger partial charge >= 0.3 is 0 Å². The lowest BCUT2D eigenvalue weighted by molar-refractivity contribution is -0.116. The largest absolute Gasteiger partial charge is 0.497 e. The third-order valence-corrected chi connectivity index (χ3v) is 5.28. The summed E-state index contributed by atoms with van der Waals surface area (Å²) in [5, 5.41) is 16.6. The van der Waals surface area contributed by atoms with Gasteiger partial charge in [-0.25, -0.2) is 5.10 Å². The Kier molecular flexibility index (Phi) is 4.68. The van der Waals surface area contributed by atoms with E-state index in [9.17, 15) is 10.1 Å². The number of hydrogen-bond acceptors (Lipinski definition) is 8. The third kappa shape index (κ3) is 2.89. The number of nitrogens with zero attached hydrogens (tertiary/aromatic N) is 4. The SMILES string of the molecule is COc1ccc(C2C(C#N)=C(N)N(c3ncn[nH]3)C3=C2C(=O)CCC3)c(OC)c1. The minimum atomic E-state index is -0.622. The topological polar surface area (TPSA) is 130 Å². The third-order valence-electron chi connectivity index (χ3n) is 5.28. The number of aromatic nitrogens is 3. The number of rotatable bonds is 4. The zero-order valence-corrected chi connectivity index (χ0v) is 16.1. The van der Waals surface area contributed by atoms with Gasteiger partial charge in [-0.15, -0.1) is 0 Å². The van der Waals surface area contributed by atoms with Crippen LogP contribution in [0, 0.1) is 11.3 Å². The van der Waals surface area contributed by atoms with Crippen molar-refractivity contribution in [3.05, 3.63) is 52.8 Å². The van der Waals surface area contributed by atoms with Crippen LogP contribution < -0.4 is 20.1 Å². The predicted molar refractivity (Wildman–Crippen MR) is 104 cm³/mol. The van der Waals surface area contributed by atoms with Crippen LogP contribution in [0.25, 0.3) is 0 Å². The van der Waals surface area contributed by atoms with Gasteiger partial charge in [0, 0.05) is 29.3 Å². The number of anilines is 1. The molecule has 0 saturated heterocycles. The van der Waals surface area contributed by atoms with Crippen LogP contribution in [0.4, 0.5) is 5.95 Å². The minimum Gasteiger partial charge on any atom is -0.497 e. The van der Waals surface area contributed by atoms with Gasteiger partial charge in [-0.05, 0) is 18.9 Å². The number of nitriles is 1. The molecule has 2 heterocycles. The number of nitrogens with one attached hydrogen (secondary N) is 1. The number of aromatic amines is 1. The Bertz CT molecular complexity index is 1060. The van der Waals surface area contributed by atoms with E-state index < -0.39 is 5.92 Å². The van der Waals surface area contributed by atoms with Crippen molar-refractivity contribution >= 4 is 11.7 Å². The van der Waals surface area contributed by atoms with Gasteiger partial charge in [0.05, 0.1) is 31.8 Å². The summed E-state index contributed by atoms with van der Waals surface area (Å²) >= 11 is 0. The molecule has 2 aromatic rings. The molecule has 0 amide bonds. The maximum Gasteiger partial charge on any atom is 0.231 e. The summed E-state index contributed by atoms with van der Waals surface area (Å²) in [6, 6.07) is 7.52. The van der Waals surface area contributed by atoms with Crippen molar-refractivity contribution in [3.63, 3.8) is 0 Å². The van der Waals surface area contributed by atoms with Crippen molar-refractivity contribution in [3.8, 4) is 17.6 Å². The van der Waals surface area contributed by atoms with Gasteiger partial charge in [-0.3, -0.25) is 9.69 Å². The summed E-state index contributed by atoms with van der Waals surface area (Å²) in [7, 11) is 3.10. The maximum absolute atomic E-state index is 13.0. The number of Topliss-reactive ketones (excluding diaryl/α,β-unsaturated/α-hetero) is 1. The van der Waals surface area contributed by atoms with Crippen molar-refractivity contribution in [1.29, 1.82) is 5.26 Å². The summed E-state index contributed by atoms with van der Waals surface area (Å²) in [6.45, 7) is 0. The molecule has 1 atom stereocenters. The normalized spacial score (nSPS) is 19.1. The van der Waals surface area contributed by atoms with Crippen LogP contribution in [-0.2, 0) is 4.79 Å². The summed E-state index contributed by atoms with van der Waals surface area (Å²) < 4.78 is 10.8. The molecule has 0 radical (unpaired) electrons. The number of benzene rings is 1. The Balaban J connectivity index is 1.98. The van der Waals surface area contributed by atoms with Crippen molar-refractivity contribution in [2.24, 2.45) is 5.73 Å². The number of nitrogens with two attached hydrogens (primary N) is 1. The molecule has 1 aliphatic heterocycles. The van der Waals surface area contributed by atoms with Gasteiger partial charge in [-0.1, -0.05) is 6.07 Å². The first kappa shape index (κ1) is 18.6. The smallest absolute Gasteiger partial charge is 0.231 e. The Morgan fingerprint density at radius 1 is 1.31 bits per heavy atom. The fourth-order valence-electron chi connectivity index (χ4n) is 4.00. The van der Waals surface area contributed by atoms with Crippen LogP contribution in [0.5, 0.6) is 11.5 Å². The highest BCUT2D eigenvalue weighted by Gasteiger charge is 2.42. The van der Waals surface area contributed by atoms with Gasteiger partial charge in [0.15, 0.2) is 5.78 Å². The van der Waals surface area contributed by atoms with E-state index in [-0.39, 0.29) is 17.2 Å². The molecule has 148 valence electrons. The summed E-state index contributed by atoms with van der Waals surface area (Å²) in [5.41, 5.74) is 8.66. The number of carbonyl (C=O) groups is 1. The fraction of sp³-hybridized carbons (Fsp3) is 0.300. The standard InChI is InChI=1S/C20H20N6O3/c1-28-11-6-7-12(16(8-11)29-2)17-13(9-21)19(22)26(20-23-10-24-25-20)14-4-3-5-15(27)18(14)17/h6-8,10,17H,3-5,22H2,1-2H3,(H,23,24,25). The molecule has 9 heteroatoms. The summed E-state index contributed by atoms with van der Waals surface area (Å²) in [4.78, 5) is 18.9. The van der Waals surface area contributed by atoms with E-state index >= 15 is 0 Å². The number of allylic oxidation sites excluding steroid dienone is 3. The summed E-state index contributed by atoms with van der Waals surface area (Å²) in [6.07, 6.45) is 3.11. The zero-order valence-electron chi connectivity index (χ0n) is 16.1. The molecule has 9 nitrogen and oxygen atoms in total. The number of carbonyl (C=O) groups excluding carboxylic acids is 1. The Labute approximate surface area is 167 Å². The lowest BCUT2D eigenvalue weighted by Crippen LogP contribution is -2.39. The molecular formula is C20H20N6O3. The van der Waals surface area contributed by atoms with E-state index in [2.05, 4.69) is 21.3 Å². The summed E-state index contributed by atoms with van der Waals surface area (Å²) in [5.74, 6) is 1.09. The van der Waals surface area contributed by atoms with Gasteiger partial charge in [0.2, 0.25) is 5.95 Å². The Morgan fingerprint density at radius 3 is 2.79 bits per heavy atom. The molecule has 29 heavy (non-hydrogen) atoms. The molecule has 1 unspecified atom stereocenters. The number of hydrogen-bond donors (Lipinski definition) is 2. The van der Waals surface area contributed by atoms with E-state index in [1.807, 2.05) is 6.07 Å². The van der Waals surface area contributed by atoms with E-state index in [4.69, 9.17) is 15.2 Å². The first-order chi connectivity index (χ1) is 14.1. The number of H-pyrrole nitrogens is 1. The van der Waals surface area contributed by atoms with E-state index in [0.29, 0.717) is 47.8 Å². The predicted octanol–water partition coefficient (Wildman–Crippen LogP) is 2.13. The van der Waals surface area contributed by atoms with Crippen molar-refractivity contribution in [2.75, 3.05) is 19.1 Å². The molecule has 4 rings (SSSR count). The number of ether oxygens (including phenoxy) is 2. The van der Waals surface area contributed by atoms with Crippen LogP contribution in [-0.4, -0.2) is 35.2 Å². The first-order valence-corrected chi connectivity index (χ1v) is 9.14. The molecule has 1 aliphatic carbocycles. The number of ketones is 1. The zero-order chi connectivity index (χ0) is 20.5. The lowest BCUT2D eigenvalue weighted by Gasteiger charge is -2.38. The molecule has 1 aromatic heterocycles. The second-order valence-corrected chi connectivity index (χ2v) is 6.73. The van der Waals surface area contributed by atoms with Crippen molar-refractivity contribution in [2.45, 2.75) is 25.2 Å². The molecule has 3 N–H and O–H groups in total. The average Bonchev–Trinajstić information content (AvgIpc) is 3.27. The highest BCUT2D eigenvalue weighted by Crippen LogP contribution is 2.48. The number of methoxy groups -OCH3 is 2. The molecule has 1 aromatic carbocycles. The van der Waals surface area contributed by atoms with Gasteiger partial charge < -0.3 is 15.2 Å². The second kappa shape index (κ2) is 7.31. The van der Waals surface area contributed by atoms with Crippen molar-refractivity contribution in [1.82, 2.24) is 15.2 Å². The van der Waals surface area contributed by atoms with Crippen LogP contribution in [0.1, 0.15) is 30.7 Å². The molecular weight excluding hydrogens is 372 g/mol. The Morgan fingerprint density at radius 2 is 2.14 bits per heavy atom. The lowest BCUT2D eigenvalue weighted by atomic mass is 9.75. The highest BCUT2D eigenvalue weighted by atomic mass is 16.5. The first-order valence-electron chi connectivity index (χ1n) is 9.14. The molecule has 2 aliphatic rings. The van der Waals surface area contributed by atoms with E-state index in [1.165, 1.54) is 6.33 Å². The van der Waals surface area contributed by atoms with Crippen LogP contribution in [0.2, 0.25) is 0 Å². The monoisotopic (exact) mass is 392 g/mol. The molecule has 0 fully saturated rings. The molecule has 0 spiro atoms. The Hall–Kier alpha value is -3.80. The van der Waals surface area contributed by atoms with Crippen LogP contribution in [0.3, 0.4) is 0 Å². The van der Waals surface area contributed by atoms with Gasteiger partial charge in [-0.2, -0.15) is 15.3 Å². The van der Waals surface area contributed by atoms with Crippen LogP contribution in [0.15, 0.2) is 47.2 Å². The maximum atomic E-state index is 13.0. The second-order valence-electron chi connectivity index (χ2n) is 6.73. The van der Waals surface area contributed by atoms with Crippen LogP contribution >= 0.6 is 0 Å². The minimum absolute atomic E-state index is 0.0149. The average molecular weight is 392 g/mol. The quantitative estimate of drug-likeness (QED) is 0.809. The molecule has 0 bridgehead atoms. The van der Waals surface area contributed by atoms with Gasteiger partial charge in [0.25, 0.3) is 0 Å². The van der Waals surface area contributed by atoms with Gasteiger partial charge in [0.1, 0.15) is 23.6 Å².